The normalized spacial score (nSPS) is 10.7. The molecule has 0 bridgehead atoms. The van der Waals surface area contributed by atoms with E-state index in [1.54, 1.807) is 6.20 Å². The number of benzene rings is 2. The summed E-state index contributed by atoms with van der Waals surface area (Å²) in [6.07, 6.45) is 1.77. The summed E-state index contributed by atoms with van der Waals surface area (Å²) in [5.41, 5.74) is 3.02. The number of pyridine rings is 1. The van der Waals surface area contributed by atoms with E-state index in [-0.39, 0.29) is 0 Å². The second-order valence-electron chi connectivity index (χ2n) is 4.47. The lowest BCUT2D eigenvalue weighted by atomic mass is 10.1. The summed E-state index contributed by atoms with van der Waals surface area (Å²) in [6, 6.07) is 15.5. The zero-order chi connectivity index (χ0) is 13.9. The topological polar surface area (TPSA) is 24.9 Å². The number of nitrogens with one attached hydrogen (secondary N) is 1. The summed E-state index contributed by atoms with van der Waals surface area (Å²) < 4.78 is 0. The van der Waals surface area contributed by atoms with Crippen molar-refractivity contribution in [2.75, 3.05) is 5.32 Å². The van der Waals surface area contributed by atoms with Crippen LogP contribution in [0.3, 0.4) is 0 Å². The molecule has 0 radical (unpaired) electrons. The minimum absolute atomic E-state index is 0.713. The molecule has 3 aromatic rings. The molecule has 3 rings (SSSR count). The molecule has 0 atom stereocenters. The van der Waals surface area contributed by atoms with Gasteiger partial charge in [-0.1, -0.05) is 35.3 Å². The number of aromatic nitrogens is 1. The molecule has 0 saturated carbocycles. The average molecular weight is 303 g/mol. The molecular weight excluding hydrogens is 291 g/mol. The molecule has 0 fully saturated rings. The standard InChI is InChI=1S/C16H12Cl2N2/c17-12-5-3-11(4-6-12)10-20-15-8-7-14(18)13-2-1-9-19-16(13)15/h1-9,20H,10H2. The maximum atomic E-state index is 6.18. The van der Waals surface area contributed by atoms with E-state index in [1.165, 1.54) is 0 Å². The third-order valence-electron chi connectivity index (χ3n) is 3.11. The van der Waals surface area contributed by atoms with Gasteiger partial charge in [0.15, 0.2) is 0 Å². The Morgan fingerprint density at radius 3 is 2.55 bits per heavy atom. The smallest absolute Gasteiger partial charge is 0.0948 e. The lowest BCUT2D eigenvalue weighted by Gasteiger charge is -2.10. The van der Waals surface area contributed by atoms with Crippen molar-refractivity contribution in [2.24, 2.45) is 0 Å². The Balaban J connectivity index is 1.88. The van der Waals surface area contributed by atoms with E-state index >= 15 is 0 Å². The first-order valence-corrected chi connectivity index (χ1v) is 7.01. The molecule has 0 saturated heterocycles. The van der Waals surface area contributed by atoms with Gasteiger partial charge < -0.3 is 5.32 Å². The van der Waals surface area contributed by atoms with Crippen molar-refractivity contribution in [1.82, 2.24) is 4.98 Å². The highest BCUT2D eigenvalue weighted by molar-refractivity contribution is 6.35. The summed E-state index contributed by atoms with van der Waals surface area (Å²) in [5.74, 6) is 0. The monoisotopic (exact) mass is 302 g/mol. The fourth-order valence-electron chi connectivity index (χ4n) is 2.08. The van der Waals surface area contributed by atoms with E-state index in [2.05, 4.69) is 10.3 Å². The Labute approximate surface area is 127 Å². The maximum absolute atomic E-state index is 6.18. The SMILES string of the molecule is Clc1ccc(CNc2ccc(Cl)c3cccnc23)cc1. The molecule has 0 unspecified atom stereocenters. The molecule has 0 amide bonds. The van der Waals surface area contributed by atoms with Crippen molar-refractivity contribution in [3.63, 3.8) is 0 Å². The third kappa shape index (κ3) is 2.72. The molecule has 2 nitrogen and oxygen atoms in total. The number of anilines is 1. The summed E-state index contributed by atoms with van der Waals surface area (Å²) >= 11 is 12.1. The second kappa shape index (κ2) is 5.70. The minimum atomic E-state index is 0.713. The van der Waals surface area contributed by atoms with Gasteiger partial charge in [-0.05, 0) is 42.0 Å². The van der Waals surface area contributed by atoms with Gasteiger partial charge in [0.25, 0.3) is 0 Å². The zero-order valence-electron chi connectivity index (χ0n) is 10.6. The summed E-state index contributed by atoms with van der Waals surface area (Å²) in [4.78, 5) is 4.40. The summed E-state index contributed by atoms with van der Waals surface area (Å²) in [6.45, 7) is 0.713. The van der Waals surface area contributed by atoms with Crippen molar-refractivity contribution < 1.29 is 0 Å². The lowest BCUT2D eigenvalue weighted by molar-refractivity contribution is 1.15. The molecule has 2 aromatic carbocycles. The van der Waals surface area contributed by atoms with Gasteiger partial charge in [0.1, 0.15) is 0 Å². The van der Waals surface area contributed by atoms with Crippen LogP contribution in [0.25, 0.3) is 10.9 Å². The van der Waals surface area contributed by atoms with Crippen LogP contribution in [0, 0.1) is 0 Å². The first kappa shape index (κ1) is 13.2. The van der Waals surface area contributed by atoms with Crippen LogP contribution in [0.4, 0.5) is 5.69 Å². The molecule has 1 heterocycles. The molecule has 100 valence electrons. The molecule has 0 spiro atoms. The van der Waals surface area contributed by atoms with Crippen LogP contribution in [0.5, 0.6) is 0 Å². The number of rotatable bonds is 3. The van der Waals surface area contributed by atoms with E-state index < -0.39 is 0 Å². The third-order valence-corrected chi connectivity index (χ3v) is 3.69. The summed E-state index contributed by atoms with van der Waals surface area (Å²) in [7, 11) is 0. The first-order valence-electron chi connectivity index (χ1n) is 6.25. The van der Waals surface area contributed by atoms with E-state index in [1.807, 2.05) is 48.5 Å². The van der Waals surface area contributed by atoms with Gasteiger partial charge in [-0.3, -0.25) is 4.98 Å². The number of halogens is 2. The number of hydrogen-bond donors (Lipinski definition) is 1. The Bertz CT molecular complexity index is 739. The average Bonchev–Trinajstić information content (AvgIpc) is 2.49. The Hall–Kier alpha value is -1.77. The van der Waals surface area contributed by atoms with Crippen molar-refractivity contribution in [3.8, 4) is 0 Å². The summed E-state index contributed by atoms with van der Waals surface area (Å²) in [5, 5.41) is 5.80. The van der Waals surface area contributed by atoms with Crippen molar-refractivity contribution in [1.29, 1.82) is 0 Å². The minimum Gasteiger partial charge on any atom is -0.379 e. The Morgan fingerprint density at radius 2 is 1.75 bits per heavy atom. The predicted octanol–water partition coefficient (Wildman–Crippen LogP) is 5.15. The van der Waals surface area contributed by atoms with E-state index in [4.69, 9.17) is 23.2 Å². The molecule has 0 aliphatic heterocycles. The molecule has 0 aliphatic rings. The first-order chi connectivity index (χ1) is 9.74. The van der Waals surface area contributed by atoms with Gasteiger partial charge in [-0.25, -0.2) is 0 Å². The molecule has 1 aromatic heterocycles. The molecule has 1 N–H and O–H groups in total. The van der Waals surface area contributed by atoms with Crippen LogP contribution in [0.1, 0.15) is 5.56 Å². The van der Waals surface area contributed by atoms with Gasteiger partial charge in [-0.2, -0.15) is 0 Å². The number of nitrogens with zero attached hydrogens (tertiary/aromatic N) is 1. The predicted molar refractivity (Wildman–Crippen MR) is 85.5 cm³/mol. The maximum Gasteiger partial charge on any atom is 0.0948 e. The van der Waals surface area contributed by atoms with Crippen molar-refractivity contribution in [2.45, 2.75) is 6.54 Å². The van der Waals surface area contributed by atoms with Gasteiger partial charge >= 0.3 is 0 Å². The highest BCUT2D eigenvalue weighted by atomic mass is 35.5. The Morgan fingerprint density at radius 1 is 0.950 bits per heavy atom. The number of fused-ring (bicyclic) bond motifs is 1. The Kier molecular flexibility index (Phi) is 3.77. The van der Waals surface area contributed by atoms with Crippen LogP contribution >= 0.6 is 23.2 Å². The van der Waals surface area contributed by atoms with E-state index in [0.29, 0.717) is 11.6 Å². The van der Waals surface area contributed by atoms with Gasteiger partial charge in [-0.15, -0.1) is 0 Å². The quantitative estimate of drug-likeness (QED) is 0.723. The van der Waals surface area contributed by atoms with Gasteiger partial charge in [0.05, 0.1) is 16.2 Å². The van der Waals surface area contributed by atoms with E-state index in [0.717, 1.165) is 27.2 Å². The van der Waals surface area contributed by atoms with Crippen LogP contribution in [-0.2, 0) is 6.54 Å². The molecule has 20 heavy (non-hydrogen) atoms. The van der Waals surface area contributed by atoms with Gasteiger partial charge in [0.2, 0.25) is 0 Å². The van der Waals surface area contributed by atoms with Crippen LogP contribution < -0.4 is 5.32 Å². The largest absolute Gasteiger partial charge is 0.379 e. The highest BCUT2D eigenvalue weighted by Gasteiger charge is 2.05. The highest BCUT2D eigenvalue weighted by Crippen LogP contribution is 2.28. The molecular formula is C16H12Cl2N2. The molecule has 4 heteroatoms. The zero-order valence-corrected chi connectivity index (χ0v) is 12.1. The number of hydrogen-bond acceptors (Lipinski definition) is 2. The van der Waals surface area contributed by atoms with Crippen LogP contribution in [0.2, 0.25) is 10.0 Å². The van der Waals surface area contributed by atoms with Crippen molar-refractivity contribution >= 4 is 39.8 Å². The van der Waals surface area contributed by atoms with Crippen LogP contribution in [0.15, 0.2) is 54.7 Å². The fraction of sp³-hybridized carbons (Fsp3) is 0.0625. The van der Waals surface area contributed by atoms with Gasteiger partial charge in [0, 0.05) is 23.2 Å². The second-order valence-corrected chi connectivity index (χ2v) is 5.32. The van der Waals surface area contributed by atoms with E-state index in [9.17, 15) is 0 Å². The van der Waals surface area contributed by atoms with Crippen molar-refractivity contribution in [3.05, 3.63) is 70.3 Å². The molecule has 0 aliphatic carbocycles. The van der Waals surface area contributed by atoms with Crippen LogP contribution in [-0.4, -0.2) is 4.98 Å². The lowest BCUT2D eigenvalue weighted by Crippen LogP contribution is -2.00. The fourth-order valence-corrected chi connectivity index (χ4v) is 2.42.